The Bertz CT molecular complexity index is 785. The monoisotopic (exact) mass is 387 g/mol. The van der Waals surface area contributed by atoms with Crippen LogP contribution in [-0.4, -0.2) is 34.5 Å². The zero-order valence-electron chi connectivity index (χ0n) is 15.7. The van der Waals surface area contributed by atoms with Crippen LogP contribution in [-0.2, 0) is 9.53 Å². The normalized spacial score (nSPS) is 15.9. The number of pyridine rings is 1. The number of carbonyl (C=O) groups excluding carboxylic acids is 2. The Morgan fingerprint density at radius 2 is 2.07 bits per heavy atom. The summed E-state index contributed by atoms with van der Waals surface area (Å²) in [5.41, 5.74) is 1.29. The number of amides is 1. The largest absolute Gasteiger partial charge is 0.448 e. The van der Waals surface area contributed by atoms with Crippen LogP contribution in [0.2, 0.25) is 0 Å². The highest BCUT2D eigenvalue weighted by Crippen LogP contribution is 2.27. The van der Waals surface area contributed by atoms with Gasteiger partial charge in [0.05, 0.1) is 11.4 Å². The van der Waals surface area contributed by atoms with Crippen molar-refractivity contribution in [3.8, 4) is 10.7 Å². The van der Waals surface area contributed by atoms with E-state index in [1.54, 1.807) is 20.0 Å². The minimum atomic E-state index is -0.833. The Morgan fingerprint density at radius 1 is 1.30 bits per heavy atom. The first-order valence-electron chi connectivity index (χ1n) is 9.42. The molecule has 0 bridgehead atoms. The van der Waals surface area contributed by atoms with Crippen LogP contribution in [0.15, 0.2) is 24.4 Å². The third-order valence-corrected chi connectivity index (χ3v) is 5.97. The first-order chi connectivity index (χ1) is 13.0. The van der Waals surface area contributed by atoms with Gasteiger partial charge in [0.1, 0.15) is 9.88 Å². The minimum absolute atomic E-state index is 0.249. The van der Waals surface area contributed by atoms with Crippen LogP contribution in [0.5, 0.6) is 0 Å². The predicted octanol–water partition coefficient (Wildman–Crippen LogP) is 3.76. The number of aromatic nitrogens is 2. The van der Waals surface area contributed by atoms with Crippen molar-refractivity contribution in [2.45, 2.75) is 52.1 Å². The zero-order chi connectivity index (χ0) is 19.2. The number of esters is 1. The summed E-state index contributed by atoms with van der Waals surface area (Å²) in [5, 5.41) is 3.58. The average molecular weight is 388 g/mol. The van der Waals surface area contributed by atoms with Crippen LogP contribution in [0.25, 0.3) is 10.7 Å². The summed E-state index contributed by atoms with van der Waals surface area (Å²) in [6.07, 6.45) is 6.91. The first-order valence-corrected chi connectivity index (χ1v) is 10.2. The Balaban J connectivity index is 1.56. The molecule has 0 spiro atoms. The highest BCUT2D eigenvalue weighted by molar-refractivity contribution is 7.17. The number of nitrogens with zero attached hydrogens (tertiary/aromatic N) is 2. The smallest absolute Gasteiger partial charge is 0.351 e. The maximum atomic E-state index is 12.5. The van der Waals surface area contributed by atoms with Gasteiger partial charge in [0.25, 0.3) is 5.91 Å². The predicted molar refractivity (Wildman–Crippen MR) is 105 cm³/mol. The molecule has 27 heavy (non-hydrogen) atoms. The van der Waals surface area contributed by atoms with E-state index in [0.717, 1.165) is 12.8 Å². The molecule has 0 radical (unpaired) electrons. The number of rotatable bonds is 6. The van der Waals surface area contributed by atoms with Crippen LogP contribution >= 0.6 is 11.3 Å². The highest BCUT2D eigenvalue weighted by atomic mass is 32.1. The number of nitrogens with one attached hydrogen (secondary N) is 1. The van der Waals surface area contributed by atoms with Gasteiger partial charge >= 0.3 is 5.97 Å². The van der Waals surface area contributed by atoms with Gasteiger partial charge in [0.15, 0.2) is 6.10 Å². The summed E-state index contributed by atoms with van der Waals surface area (Å²) in [5.74, 6) is -0.233. The number of ether oxygens (including phenoxy) is 1. The molecule has 1 aliphatic rings. The van der Waals surface area contributed by atoms with Crippen LogP contribution in [0.3, 0.4) is 0 Å². The Kier molecular flexibility index (Phi) is 6.55. The molecule has 144 valence electrons. The minimum Gasteiger partial charge on any atom is -0.448 e. The van der Waals surface area contributed by atoms with E-state index < -0.39 is 12.1 Å². The second-order valence-electron chi connectivity index (χ2n) is 6.95. The van der Waals surface area contributed by atoms with Crippen molar-refractivity contribution in [1.29, 1.82) is 0 Å². The number of thiazole rings is 1. The molecular formula is C20H25N3O3S. The SMILES string of the molecule is Cc1nc(-c2ccccn2)sc1C(=O)O[C@@H](C)C(=O)NCC1CCCCC1. The molecule has 1 aliphatic carbocycles. The van der Waals surface area contributed by atoms with Gasteiger partial charge in [-0.2, -0.15) is 0 Å². The van der Waals surface area contributed by atoms with E-state index in [9.17, 15) is 9.59 Å². The molecule has 6 nitrogen and oxygen atoms in total. The molecule has 0 unspecified atom stereocenters. The van der Waals surface area contributed by atoms with Crippen molar-refractivity contribution in [3.05, 3.63) is 35.0 Å². The molecule has 2 aromatic rings. The van der Waals surface area contributed by atoms with E-state index >= 15 is 0 Å². The fourth-order valence-corrected chi connectivity index (χ4v) is 4.16. The van der Waals surface area contributed by atoms with E-state index in [4.69, 9.17) is 4.74 Å². The van der Waals surface area contributed by atoms with Gasteiger partial charge in [-0.1, -0.05) is 25.3 Å². The molecule has 1 saturated carbocycles. The number of hydrogen-bond donors (Lipinski definition) is 1. The molecular weight excluding hydrogens is 362 g/mol. The van der Waals surface area contributed by atoms with E-state index in [0.29, 0.717) is 33.7 Å². The summed E-state index contributed by atoms with van der Waals surface area (Å²) < 4.78 is 5.37. The fourth-order valence-electron chi connectivity index (χ4n) is 3.23. The molecule has 3 rings (SSSR count). The number of carbonyl (C=O) groups is 2. The molecule has 7 heteroatoms. The summed E-state index contributed by atoms with van der Waals surface area (Å²) in [6.45, 7) is 4.02. The molecule has 0 saturated heterocycles. The van der Waals surface area contributed by atoms with Crippen molar-refractivity contribution in [1.82, 2.24) is 15.3 Å². The number of aryl methyl sites for hydroxylation is 1. The summed E-state index contributed by atoms with van der Waals surface area (Å²) in [7, 11) is 0. The molecule has 0 aromatic carbocycles. The molecule has 1 amide bonds. The molecule has 1 atom stereocenters. The van der Waals surface area contributed by atoms with Gasteiger partial charge < -0.3 is 10.1 Å². The lowest BCUT2D eigenvalue weighted by Crippen LogP contribution is -2.38. The fraction of sp³-hybridized carbons (Fsp3) is 0.500. The summed E-state index contributed by atoms with van der Waals surface area (Å²) in [4.78, 5) is 33.8. The first kappa shape index (κ1) is 19.5. The van der Waals surface area contributed by atoms with Crippen LogP contribution in [0.1, 0.15) is 54.4 Å². The van der Waals surface area contributed by atoms with Crippen molar-refractivity contribution < 1.29 is 14.3 Å². The summed E-state index contributed by atoms with van der Waals surface area (Å²) in [6, 6.07) is 5.54. The second kappa shape index (κ2) is 9.08. The molecule has 1 N–H and O–H groups in total. The lowest BCUT2D eigenvalue weighted by molar-refractivity contribution is -0.129. The maximum Gasteiger partial charge on any atom is 0.351 e. The Labute approximate surface area is 163 Å². The van der Waals surface area contributed by atoms with Gasteiger partial charge in [-0.15, -0.1) is 11.3 Å². The van der Waals surface area contributed by atoms with Gasteiger partial charge in [-0.05, 0) is 44.7 Å². The quantitative estimate of drug-likeness (QED) is 0.764. The number of hydrogen-bond acceptors (Lipinski definition) is 6. The van der Waals surface area contributed by atoms with Gasteiger partial charge in [0, 0.05) is 12.7 Å². The van der Waals surface area contributed by atoms with Crippen LogP contribution < -0.4 is 5.32 Å². The molecule has 2 heterocycles. The lowest BCUT2D eigenvalue weighted by Gasteiger charge is -2.22. The topological polar surface area (TPSA) is 81.2 Å². The van der Waals surface area contributed by atoms with E-state index in [1.165, 1.54) is 30.6 Å². The molecule has 1 fully saturated rings. The average Bonchev–Trinajstić information content (AvgIpc) is 3.09. The van der Waals surface area contributed by atoms with E-state index in [1.807, 2.05) is 18.2 Å². The summed E-state index contributed by atoms with van der Waals surface area (Å²) >= 11 is 1.23. The van der Waals surface area contributed by atoms with Crippen molar-refractivity contribution in [3.63, 3.8) is 0 Å². The lowest BCUT2D eigenvalue weighted by atomic mass is 9.89. The Morgan fingerprint density at radius 3 is 2.78 bits per heavy atom. The van der Waals surface area contributed by atoms with Crippen molar-refractivity contribution >= 4 is 23.2 Å². The van der Waals surface area contributed by atoms with Crippen molar-refractivity contribution in [2.24, 2.45) is 5.92 Å². The standard InChI is InChI=1S/C20H25N3O3S/c1-13-17(27-19(23-13)16-10-6-7-11-21-16)20(25)26-14(2)18(24)22-12-15-8-4-3-5-9-15/h6-7,10-11,14-15H,3-5,8-9,12H2,1-2H3,(H,22,24)/t14-/m0/s1. The van der Waals surface area contributed by atoms with Crippen LogP contribution in [0, 0.1) is 12.8 Å². The second-order valence-corrected chi connectivity index (χ2v) is 7.94. The van der Waals surface area contributed by atoms with Gasteiger partial charge in [-0.25, -0.2) is 9.78 Å². The van der Waals surface area contributed by atoms with Gasteiger partial charge in [-0.3, -0.25) is 9.78 Å². The van der Waals surface area contributed by atoms with Crippen LogP contribution in [0.4, 0.5) is 0 Å². The third kappa shape index (κ3) is 5.13. The third-order valence-electron chi connectivity index (χ3n) is 4.81. The highest BCUT2D eigenvalue weighted by Gasteiger charge is 2.24. The van der Waals surface area contributed by atoms with Gasteiger partial charge in [0.2, 0.25) is 0 Å². The van der Waals surface area contributed by atoms with Crippen molar-refractivity contribution in [2.75, 3.05) is 6.54 Å². The molecule has 0 aliphatic heterocycles. The maximum absolute atomic E-state index is 12.5. The molecule has 2 aromatic heterocycles. The van der Waals surface area contributed by atoms with E-state index in [-0.39, 0.29) is 5.91 Å². The van der Waals surface area contributed by atoms with E-state index in [2.05, 4.69) is 15.3 Å². The zero-order valence-corrected chi connectivity index (χ0v) is 16.6. The Hall–Kier alpha value is -2.28.